The van der Waals surface area contributed by atoms with Crippen molar-refractivity contribution in [2.75, 3.05) is 32.7 Å². The van der Waals surface area contributed by atoms with E-state index >= 15 is 0 Å². The molecule has 1 aliphatic heterocycles. The van der Waals surface area contributed by atoms with Crippen LogP contribution in [0.15, 0.2) is 53.4 Å². The number of hydrogen-bond donors (Lipinski definition) is 1. The number of methoxy groups -OCH3 is 1. The van der Waals surface area contributed by atoms with E-state index in [0.717, 1.165) is 0 Å². The van der Waals surface area contributed by atoms with E-state index in [4.69, 9.17) is 23.7 Å². The van der Waals surface area contributed by atoms with Gasteiger partial charge >= 0.3 is 0 Å². The molecular weight excluding hydrogens is 466 g/mol. The van der Waals surface area contributed by atoms with Gasteiger partial charge in [-0.1, -0.05) is 0 Å². The molecular formula is C23H29NO9S. The summed E-state index contributed by atoms with van der Waals surface area (Å²) in [5.41, 5.74) is 0. The highest BCUT2D eigenvalue weighted by molar-refractivity contribution is 7.91. The van der Waals surface area contributed by atoms with E-state index in [1.807, 2.05) is 0 Å². The highest BCUT2D eigenvalue weighted by Crippen LogP contribution is 2.29. The first-order valence-corrected chi connectivity index (χ1v) is 12.3. The smallest absolute Gasteiger partial charge is 0.233 e. The quantitative estimate of drug-likeness (QED) is 0.205. The lowest BCUT2D eigenvalue weighted by atomic mass is 10.2. The summed E-state index contributed by atoms with van der Waals surface area (Å²) in [6.45, 7) is 4.30. The van der Waals surface area contributed by atoms with Crippen LogP contribution in [-0.2, 0) is 28.8 Å². The van der Waals surface area contributed by atoms with E-state index in [0.29, 0.717) is 35.5 Å². The zero-order chi connectivity index (χ0) is 24.8. The van der Waals surface area contributed by atoms with Gasteiger partial charge in [0.2, 0.25) is 6.41 Å². The first kappa shape index (κ1) is 25.9. The van der Waals surface area contributed by atoms with Gasteiger partial charge in [0, 0.05) is 7.11 Å². The fourth-order valence-corrected chi connectivity index (χ4v) is 4.92. The molecule has 0 aliphatic carbocycles. The molecule has 186 valence electrons. The predicted octanol–water partition coefficient (Wildman–Crippen LogP) is 2.65. The lowest BCUT2D eigenvalue weighted by Crippen LogP contribution is -2.47. The van der Waals surface area contributed by atoms with Gasteiger partial charge in [-0.25, -0.2) is 13.5 Å². The fourth-order valence-electron chi connectivity index (χ4n) is 3.36. The average molecular weight is 496 g/mol. The van der Waals surface area contributed by atoms with Crippen LogP contribution in [0, 0.1) is 0 Å². The second-order valence-electron chi connectivity index (χ2n) is 8.09. The number of nitrogens with zero attached hydrogens (tertiary/aromatic N) is 1. The van der Waals surface area contributed by atoms with E-state index in [9.17, 15) is 18.4 Å². The molecule has 11 heteroatoms. The lowest BCUT2D eigenvalue weighted by Gasteiger charge is -2.27. The van der Waals surface area contributed by atoms with E-state index in [-0.39, 0.29) is 17.9 Å². The monoisotopic (exact) mass is 495 g/mol. The molecule has 1 heterocycles. The maximum absolute atomic E-state index is 13.0. The third-order valence-corrected chi connectivity index (χ3v) is 6.87. The Morgan fingerprint density at radius 3 is 2.21 bits per heavy atom. The van der Waals surface area contributed by atoms with Crippen LogP contribution < -0.4 is 9.47 Å². The van der Waals surface area contributed by atoms with Gasteiger partial charge in [0.05, 0.1) is 23.9 Å². The standard InChI is InChI=1S/C23H29NO9S/c1-23(2)31-14-22(33-23)21(24(26)16-25)15-34(27,28)20-10-8-19(9-11-20)32-18-6-4-17(5-7-18)30-13-12-29-3/h4-11,16,21-22,26H,12-15H2,1-3H3. The van der Waals surface area contributed by atoms with Gasteiger partial charge in [0.25, 0.3) is 0 Å². The van der Waals surface area contributed by atoms with Crippen molar-refractivity contribution in [3.05, 3.63) is 48.5 Å². The maximum atomic E-state index is 13.0. The van der Waals surface area contributed by atoms with Gasteiger partial charge < -0.3 is 23.7 Å². The van der Waals surface area contributed by atoms with Crippen molar-refractivity contribution in [1.29, 1.82) is 0 Å². The zero-order valence-electron chi connectivity index (χ0n) is 19.2. The lowest BCUT2D eigenvalue weighted by molar-refractivity contribution is -0.182. The summed E-state index contributed by atoms with van der Waals surface area (Å²) in [5, 5.41) is 10.3. The maximum Gasteiger partial charge on any atom is 0.233 e. The van der Waals surface area contributed by atoms with Crippen molar-refractivity contribution in [1.82, 2.24) is 5.06 Å². The Labute approximate surface area is 198 Å². The van der Waals surface area contributed by atoms with Crippen LogP contribution in [0.4, 0.5) is 0 Å². The summed E-state index contributed by atoms with van der Waals surface area (Å²) in [5.74, 6) is 0.182. The van der Waals surface area contributed by atoms with Crippen molar-refractivity contribution in [3.8, 4) is 17.2 Å². The number of carbonyl (C=O) groups is 1. The largest absolute Gasteiger partial charge is 0.491 e. The average Bonchev–Trinajstić information content (AvgIpc) is 3.18. The highest BCUT2D eigenvalue weighted by atomic mass is 32.2. The number of amides is 1. The molecule has 34 heavy (non-hydrogen) atoms. The van der Waals surface area contributed by atoms with Crippen LogP contribution in [0.3, 0.4) is 0 Å². The van der Waals surface area contributed by atoms with Gasteiger partial charge in [-0.2, -0.15) is 0 Å². The summed E-state index contributed by atoms with van der Waals surface area (Å²) >= 11 is 0. The Bertz CT molecular complexity index is 1040. The molecule has 2 atom stereocenters. The topological polar surface area (TPSA) is 121 Å². The van der Waals surface area contributed by atoms with Crippen molar-refractivity contribution < 1.29 is 42.1 Å². The molecule has 0 saturated carbocycles. The predicted molar refractivity (Wildman–Crippen MR) is 121 cm³/mol. The van der Waals surface area contributed by atoms with E-state index in [1.165, 1.54) is 24.3 Å². The number of hydrogen-bond acceptors (Lipinski definition) is 9. The Balaban J connectivity index is 1.66. The van der Waals surface area contributed by atoms with Crippen molar-refractivity contribution in [3.63, 3.8) is 0 Å². The molecule has 2 aromatic rings. The van der Waals surface area contributed by atoms with Crippen LogP contribution in [0.5, 0.6) is 17.2 Å². The molecule has 0 radical (unpaired) electrons. The number of sulfone groups is 1. The molecule has 2 aromatic carbocycles. The van der Waals surface area contributed by atoms with E-state index in [1.54, 1.807) is 45.2 Å². The molecule has 0 bridgehead atoms. The number of ether oxygens (including phenoxy) is 5. The van der Waals surface area contributed by atoms with Gasteiger partial charge in [-0.15, -0.1) is 0 Å². The Kier molecular flexibility index (Phi) is 8.50. The molecule has 1 amide bonds. The number of carbonyl (C=O) groups excluding carboxylic acids is 1. The minimum Gasteiger partial charge on any atom is -0.491 e. The second-order valence-corrected chi connectivity index (χ2v) is 10.1. The van der Waals surface area contributed by atoms with E-state index < -0.39 is 33.5 Å². The Hall–Kier alpha value is -2.70. The van der Waals surface area contributed by atoms with Gasteiger partial charge in [-0.3, -0.25) is 10.0 Å². The van der Waals surface area contributed by atoms with Crippen molar-refractivity contribution in [2.24, 2.45) is 0 Å². The Morgan fingerprint density at radius 2 is 1.68 bits per heavy atom. The molecule has 1 aliphatic rings. The summed E-state index contributed by atoms with van der Waals surface area (Å²) in [4.78, 5) is 11.2. The molecule has 1 fully saturated rings. The van der Waals surface area contributed by atoms with Crippen molar-refractivity contribution >= 4 is 16.2 Å². The van der Waals surface area contributed by atoms with Gasteiger partial charge in [0.15, 0.2) is 15.6 Å². The van der Waals surface area contributed by atoms with E-state index in [2.05, 4.69) is 0 Å². The first-order valence-electron chi connectivity index (χ1n) is 10.6. The van der Waals surface area contributed by atoms with Crippen LogP contribution >= 0.6 is 0 Å². The second kappa shape index (κ2) is 11.2. The number of hydroxylamine groups is 2. The third kappa shape index (κ3) is 6.90. The molecule has 2 unspecified atom stereocenters. The fraction of sp³-hybridized carbons (Fsp3) is 0.435. The summed E-state index contributed by atoms with van der Waals surface area (Å²) in [6, 6.07) is 11.7. The minimum absolute atomic E-state index is 0.0178. The van der Waals surface area contributed by atoms with Crippen LogP contribution in [-0.4, -0.2) is 75.7 Å². The molecule has 0 aromatic heterocycles. The van der Waals surface area contributed by atoms with Gasteiger partial charge in [0.1, 0.15) is 36.0 Å². The number of rotatable bonds is 12. The van der Waals surface area contributed by atoms with Crippen LogP contribution in [0.25, 0.3) is 0 Å². The van der Waals surface area contributed by atoms with Crippen LogP contribution in [0.1, 0.15) is 13.8 Å². The van der Waals surface area contributed by atoms with Gasteiger partial charge in [-0.05, 0) is 62.4 Å². The molecule has 1 saturated heterocycles. The molecule has 1 N–H and O–H groups in total. The summed E-state index contributed by atoms with van der Waals surface area (Å²) in [7, 11) is -2.28. The van der Waals surface area contributed by atoms with Crippen molar-refractivity contribution in [2.45, 2.75) is 36.7 Å². The molecule has 0 spiro atoms. The summed E-state index contributed by atoms with van der Waals surface area (Å²) < 4.78 is 53.3. The molecule has 10 nitrogen and oxygen atoms in total. The highest BCUT2D eigenvalue weighted by Gasteiger charge is 2.41. The third-order valence-electron chi connectivity index (χ3n) is 5.10. The minimum atomic E-state index is -3.87. The Morgan fingerprint density at radius 1 is 1.09 bits per heavy atom. The SMILES string of the molecule is COCCOc1ccc(Oc2ccc(S(=O)(=O)CC(C3COC(C)(C)O3)N(O)C=O)cc2)cc1. The van der Waals surface area contributed by atoms with Crippen LogP contribution in [0.2, 0.25) is 0 Å². The number of benzene rings is 2. The molecule has 3 rings (SSSR count). The first-order chi connectivity index (χ1) is 16.1. The zero-order valence-corrected chi connectivity index (χ0v) is 20.1. The normalized spacial score (nSPS) is 18.3. The summed E-state index contributed by atoms with van der Waals surface area (Å²) in [6.07, 6.45) is -0.649.